The van der Waals surface area contributed by atoms with E-state index in [-0.39, 0.29) is 5.41 Å². The smallest absolute Gasteiger partial charge is 0.137 e. The molecule has 0 aliphatic heterocycles. The highest BCUT2D eigenvalue weighted by molar-refractivity contribution is 6.13. The molecular weight excluding hydrogens is 595 g/mol. The fraction of sp³-hybridized carbons (Fsp3) is 0.0638. The van der Waals surface area contributed by atoms with Gasteiger partial charge in [0.1, 0.15) is 11.2 Å². The lowest BCUT2D eigenvalue weighted by Gasteiger charge is -2.29. The topological polar surface area (TPSA) is 16.4 Å². The molecule has 0 saturated heterocycles. The second kappa shape index (κ2) is 10.4. The summed E-state index contributed by atoms with van der Waals surface area (Å²) in [6.07, 6.45) is 0. The summed E-state index contributed by atoms with van der Waals surface area (Å²) in [7, 11) is 0. The van der Waals surface area contributed by atoms with E-state index in [1.165, 1.54) is 54.9 Å². The van der Waals surface area contributed by atoms with E-state index in [2.05, 4.69) is 176 Å². The van der Waals surface area contributed by atoms with Crippen LogP contribution in [-0.2, 0) is 5.41 Å². The van der Waals surface area contributed by atoms with Gasteiger partial charge in [0.2, 0.25) is 0 Å². The molecule has 2 nitrogen and oxygen atoms in total. The fourth-order valence-electron chi connectivity index (χ4n) is 8.22. The highest BCUT2D eigenvalue weighted by atomic mass is 16.3. The van der Waals surface area contributed by atoms with Crippen LogP contribution in [0.1, 0.15) is 25.0 Å². The number of nitrogens with zero attached hydrogens (tertiary/aromatic N) is 1. The Morgan fingerprint density at radius 1 is 0.449 bits per heavy atom. The van der Waals surface area contributed by atoms with Gasteiger partial charge in [-0.25, -0.2) is 0 Å². The standard InChI is InChI=1S/C47H33NO/c1-47(2)41-17-7-5-14-38(41)39-26-25-35(29-42(39)47)48(43-18-10-20-45-46(43)40-15-6-8-19-44(40)49-45)34-24-23-31-27-33(22-21-32(31)28-34)37-16-9-12-30-11-3-4-13-36(30)37/h3-29H,1-2H3. The van der Waals surface area contributed by atoms with E-state index in [9.17, 15) is 0 Å². The van der Waals surface area contributed by atoms with Crippen molar-refractivity contribution in [2.45, 2.75) is 19.3 Å². The van der Waals surface area contributed by atoms with Gasteiger partial charge in [-0.1, -0.05) is 129 Å². The van der Waals surface area contributed by atoms with Crippen molar-refractivity contribution >= 4 is 60.5 Å². The van der Waals surface area contributed by atoms with Crippen LogP contribution in [0.5, 0.6) is 0 Å². The molecule has 0 amide bonds. The second-order valence-electron chi connectivity index (χ2n) is 13.8. The van der Waals surface area contributed by atoms with Crippen molar-refractivity contribution in [1.82, 2.24) is 0 Å². The normalized spacial score (nSPS) is 13.3. The van der Waals surface area contributed by atoms with Crippen molar-refractivity contribution in [1.29, 1.82) is 0 Å². The molecule has 2 heteroatoms. The van der Waals surface area contributed by atoms with E-state index >= 15 is 0 Å². The van der Waals surface area contributed by atoms with E-state index < -0.39 is 0 Å². The summed E-state index contributed by atoms with van der Waals surface area (Å²) in [5.41, 5.74) is 12.9. The summed E-state index contributed by atoms with van der Waals surface area (Å²) in [5, 5.41) is 7.18. The first-order valence-electron chi connectivity index (χ1n) is 17.0. The number of para-hydroxylation sites is 1. The Kier molecular flexibility index (Phi) is 5.95. The summed E-state index contributed by atoms with van der Waals surface area (Å²) < 4.78 is 6.39. The van der Waals surface area contributed by atoms with Crippen molar-refractivity contribution < 1.29 is 4.42 Å². The zero-order valence-corrected chi connectivity index (χ0v) is 27.4. The minimum absolute atomic E-state index is 0.108. The number of fused-ring (bicyclic) bond motifs is 8. The molecule has 1 aromatic heterocycles. The van der Waals surface area contributed by atoms with E-state index in [0.29, 0.717) is 0 Å². The van der Waals surface area contributed by atoms with Crippen LogP contribution in [0.25, 0.3) is 65.7 Å². The largest absolute Gasteiger partial charge is 0.456 e. The van der Waals surface area contributed by atoms with Gasteiger partial charge in [0.15, 0.2) is 0 Å². The van der Waals surface area contributed by atoms with Crippen LogP contribution in [0.4, 0.5) is 17.1 Å². The maximum Gasteiger partial charge on any atom is 0.137 e. The summed E-state index contributed by atoms with van der Waals surface area (Å²) >= 11 is 0. The van der Waals surface area contributed by atoms with Gasteiger partial charge in [0, 0.05) is 22.2 Å². The molecule has 0 N–H and O–H groups in total. The second-order valence-corrected chi connectivity index (χ2v) is 13.8. The zero-order valence-electron chi connectivity index (χ0n) is 27.4. The van der Waals surface area contributed by atoms with Crippen molar-refractivity contribution in [2.75, 3.05) is 4.90 Å². The average molecular weight is 628 g/mol. The molecule has 10 rings (SSSR count). The zero-order chi connectivity index (χ0) is 32.7. The van der Waals surface area contributed by atoms with Gasteiger partial charge in [-0.05, 0) is 103 Å². The summed E-state index contributed by atoms with van der Waals surface area (Å²) in [6, 6.07) is 59.5. The number of hydrogen-bond acceptors (Lipinski definition) is 2. The van der Waals surface area contributed by atoms with Gasteiger partial charge in [0.25, 0.3) is 0 Å². The Hall–Kier alpha value is -6.12. The lowest BCUT2D eigenvalue weighted by molar-refractivity contribution is 0.660. The molecule has 0 fully saturated rings. The van der Waals surface area contributed by atoms with E-state index in [4.69, 9.17) is 4.42 Å². The Labute approximate surface area is 285 Å². The van der Waals surface area contributed by atoms with Crippen LogP contribution in [0.3, 0.4) is 0 Å². The predicted molar refractivity (Wildman–Crippen MR) is 206 cm³/mol. The summed E-state index contributed by atoms with van der Waals surface area (Å²) in [5.74, 6) is 0. The minimum atomic E-state index is -0.108. The van der Waals surface area contributed by atoms with Crippen LogP contribution in [0, 0.1) is 0 Å². The number of furan rings is 1. The molecule has 8 aromatic carbocycles. The van der Waals surface area contributed by atoms with E-state index in [0.717, 1.165) is 39.0 Å². The highest BCUT2D eigenvalue weighted by Gasteiger charge is 2.36. The first kappa shape index (κ1) is 27.9. The van der Waals surface area contributed by atoms with Crippen LogP contribution in [0.15, 0.2) is 168 Å². The molecule has 0 bridgehead atoms. The summed E-state index contributed by atoms with van der Waals surface area (Å²) in [4.78, 5) is 2.42. The van der Waals surface area contributed by atoms with Crippen LogP contribution in [-0.4, -0.2) is 0 Å². The number of rotatable bonds is 4. The Balaban J connectivity index is 1.18. The highest BCUT2D eigenvalue weighted by Crippen LogP contribution is 2.51. The van der Waals surface area contributed by atoms with E-state index in [1.807, 2.05) is 6.07 Å². The van der Waals surface area contributed by atoms with Crippen LogP contribution >= 0.6 is 0 Å². The first-order valence-corrected chi connectivity index (χ1v) is 17.0. The first-order chi connectivity index (χ1) is 24.0. The maximum atomic E-state index is 6.39. The molecule has 0 radical (unpaired) electrons. The number of anilines is 3. The minimum Gasteiger partial charge on any atom is -0.456 e. The molecule has 1 aliphatic rings. The average Bonchev–Trinajstić information content (AvgIpc) is 3.64. The molecule has 0 saturated carbocycles. The molecule has 0 spiro atoms. The molecule has 0 unspecified atom stereocenters. The third kappa shape index (κ3) is 4.20. The fourth-order valence-corrected chi connectivity index (χ4v) is 8.22. The van der Waals surface area contributed by atoms with Gasteiger partial charge in [-0.3, -0.25) is 0 Å². The molecular formula is C47H33NO. The molecule has 49 heavy (non-hydrogen) atoms. The maximum absolute atomic E-state index is 6.39. The van der Waals surface area contributed by atoms with Crippen LogP contribution in [0.2, 0.25) is 0 Å². The molecule has 1 heterocycles. The Morgan fingerprint density at radius 2 is 1.10 bits per heavy atom. The van der Waals surface area contributed by atoms with Gasteiger partial charge in [0.05, 0.1) is 11.1 Å². The van der Waals surface area contributed by atoms with Gasteiger partial charge < -0.3 is 9.32 Å². The van der Waals surface area contributed by atoms with E-state index in [1.54, 1.807) is 0 Å². The quantitative estimate of drug-likeness (QED) is 0.193. The third-order valence-corrected chi connectivity index (χ3v) is 10.6. The number of benzene rings is 8. The Bertz CT molecular complexity index is 2760. The molecule has 232 valence electrons. The predicted octanol–water partition coefficient (Wildman–Crippen LogP) is 13.3. The summed E-state index contributed by atoms with van der Waals surface area (Å²) in [6.45, 7) is 4.69. The SMILES string of the molecule is CC1(C)c2ccccc2-c2ccc(N(c3ccc4cc(-c5cccc6ccccc56)ccc4c3)c3cccc4oc5ccccc5c34)cc21. The van der Waals surface area contributed by atoms with Crippen molar-refractivity contribution in [3.05, 3.63) is 175 Å². The third-order valence-electron chi connectivity index (χ3n) is 10.6. The van der Waals surface area contributed by atoms with Crippen molar-refractivity contribution in [3.63, 3.8) is 0 Å². The van der Waals surface area contributed by atoms with Crippen molar-refractivity contribution in [2.24, 2.45) is 0 Å². The number of hydrogen-bond donors (Lipinski definition) is 0. The molecule has 9 aromatic rings. The Morgan fingerprint density at radius 3 is 2.04 bits per heavy atom. The van der Waals surface area contributed by atoms with Crippen LogP contribution < -0.4 is 4.90 Å². The van der Waals surface area contributed by atoms with Gasteiger partial charge >= 0.3 is 0 Å². The molecule has 0 atom stereocenters. The van der Waals surface area contributed by atoms with Gasteiger partial charge in [-0.15, -0.1) is 0 Å². The lowest BCUT2D eigenvalue weighted by Crippen LogP contribution is -2.16. The van der Waals surface area contributed by atoms with Crippen molar-refractivity contribution in [3.8, 4) is 22.3 Å². The lowest BCUT2D eigenvalue weighted by atomic mass is 9.82. The van der Waals surface area contributed by atoms with Gasteiger partial charge in [-0.2, -0.15) is 0 Å². The molecule has 1 aliphatic carbocycles. The monoisotopic (exact) mass is 627 g/mol.